The molecule has 0 heteroatoms. The standard InChI is InChI=1S/C17H26/c1-14(2)12-13-16-10-6-7-11-17(16)15-8-4-3-5-9-15/h6-7,10-11,14-15H,3-5,8-9,12-13H2,1-2H3. The molecule has 1 saturated carbocycles. The monoisotopic (exact) mass is 230 g/mol. The Labute approximate surface area is 106 Å². The van der Waals surface area contributed by atoms with Gasteiger partial charge in [-0.15, -0.1) is 0 Å². The van der Waals surface area contributed by atoms with Crippen molar-refractivity contribution in [1.82, 2.24) is 0 Å². The minimum absolute atomic E-state index is 0.814. The molecule has 0 atom stereocenters. The summed E-state index contributed by atoms with van der Waals surface area (Å²) in [7, 11) is 0. The van der Waals surface area contributed by atoms with Crippen LogP contribution in [-0.2, 0) is 6.42 Å². The second-order valence-corrected chi connectivity index (χ2v) is 5.97. The van der Waals surface area contributed by atoms with Gasteiger partial charge in [0.2, 0.25) is 0 Å². The molecule has 0 nitrogen and oxygen atoms in total. The van der Waals surface area contributed by atoms with Gasteiger partial charge < -0.3 is 0 Å². The van der Waals surface area contributed by atoms with Gasteiger partial charge in [0, 0.05) is 0 Å². The van der Waals surface area contributed by atoms with E-state index in [1.165, 1.54) is 44.9 Å². The van der Waals surface area contributed by atoms with Gasteiger partial charge >= 0.3 is 0 Å². The van der Waals surface area contributed by atoms with E-state index in [-0.39, 0.29) is 0 Å². The molecule has 2 rings (SSSR count). The van der Waals surface area contributed by atoms with E-state index in [2.05, 4.69) is 38.1 Å². The Morgan fingerprint density at radius 1 is 1.06 bits per heavy atom. The highest BCUT2D eigenvalue weighted by atomic mass is 14.2. The Kier molecular flexibility index (Phi) is 4.65. The fourth-order valence-corrected chi connectivity index (χ4v) is 3.02. The molecule has 0 amide bonds. The van der Waals surface area contributed by atoms with Gasteiger partial charge in [0.25, 0.3) is 0 Å². The van der Waals surface area contributed by atoms with E-state index in [1.54, 1.807) is 11.1 Å². The quantitative estimate of drug-likeness (QED) is 0.656. The summed E-state index contributed by atoms with van der Waals surface area (Å²) in [4.78, 5) is 0. The maximum Gasteiger partial charge on any atom is -0.0159 e. The summed E-state index contributed by atoms with van der Waals surface area (Å²) in [5, 5.41) is 0. The van der Waals surface area contributed by atoms with Crippen molar-refractivity contribution in [3.8, 4) is 0 Å². The van der Waals surface area contributed by atoms with Crippen LogP contribution in [0.1, 0.15) is 69.4 Å². The Bertz CT molecular complexity index is 332. The first-order valence-electron chi connectivity index (χ1n) is 7.35. The molecule has 1 aliphatic carbocycles. The van der Waals surface area contributed by atoms with Gasteiger partial charge in [-0.1, -0.05) is 57.4 Å². The van der Waals surface area contributed by atoms with Crippen LogP contribution in [0.25, 0.3) is 0 Å². The van der Waals surface area contributed by atoms with Crippen LogP contribution >= 0.6 is 0 Å². The van der Waals surface area contributed by atoms with Crippen LogP contribution in [0.2, 0.25) is 0 Å². The van der Waals surface area contributed by atoms with Gasteiger partial charge in [-0.25, -0.2) is 0 Å². The lowest BCUT2D eigenvalue weighted by atomic mass is 9.81. The third-order valence-electron chi connectivity index (χ3n) is 4.09. The van der Waals surface area contributed by atoms with Crippen LogP contribution in [-0.4, -0.2) is 0 Å². The zero-order chi connectivity index (χ0) is 12.1. The van der Waals surface area contributed by atoms with E-state index in [1.807, 2.05) is 0 Å². The second-order valence-electron chi connectivity index (χ2n) is 5.97. The smallest absolute Gasteiger partial charge is 0.0159 e. The molecule has 1 aromatic rings. The molecule has 1 aromatic carbocycles. The third kappa shape index (κ3) is 3.59. The average Bonchev–Trinajstić information content (AvgIpc) is 2.38. The SMILES string of the molecule is CC(C)CCc1ccccc1C1CCCCC1. The third-order valence-corrected chi connectivity index (χ3v) is 4.09. The Hall–Kier alpha value is -0.780. The predicted molar refractivity (Wildman–Crippen MR) is 75.4 cm³/mol. The fourth-order valence-electron chi connectivity index (χ4n) is 3.02. The van der Waals surface area contributed by atoms with Gasteiger partial charge in [0.1, 0.15) is 0 Å². The lowest BCUT2D eigenvalue weighted by Gasteiger charge is -2.24. The van der Waals surface area contributed by atoms with Crippen molar-refractivity contribution in [2.24, 2.45) is 5.92 Å². The summed E-state index contributed by atoms with van der Waals surface area (Å²) >= 11 is 0. The Morgan fingerprint density at radius 2 is 1.76 bits per heavy atom. The normalized spacial score (nSPS) is 17.6. The molecule has 0 aliphatic heterocycles. The number of hydrogen-bond acceptors (Lipinski definition) is 0. The van der Waals surface area contributed by atoms with E-state index in [4.69, 9.17) is 0 Å². The lowest BCUT2D eigenvalue weighted by Crippen LogP contribution is -2.07. The Morgan fingerprint density at radius 3 is 2.47 bits per heavy atom. The van der Waals surface area contributed by atoms with Gasteiger partial charge in [-0.2, -0.15) is 0 Å². The van der Waals surface area contributed by atoms with Crippen molar-refractivity contribution in [2.45, 2.75) is 64.7 Å². The summed E-state index contributed by atoms with van der Waals surface area (Å²) in [6.45, 7) is 4.65. The predicted octanol–water partition coefficient (Wildman–Crippen LogP) is 5.32. The minimum atomic E-state index is 0.814. The maximum atomic E-state index is 2.38. The summed E-state index contributed by atoms with van der Waals surface area (Å²) in [6, 6.07) is 9.17. The molecule has 1 aliphatic rings. The molecule has 0 heterocycles. The summed E-state index contributed by atoms with van der Waals surface area (Å²) < 4.78 is 0. The van der Waals surface area contributed by atoms with E-state index < -0.39 is 0 Å². The molecule has 0 aromatic heterocycles. The summed E-state index contributed by atoms with van der Waals surface area (Å²) in [6.07, 6.45) is 9.74. The molecule has 94 valence electrons. The van der Waals surface area contributed by atoms with Crippen LogP contribution in [0.3, 0.4) is 0 Å². The largest absolute Gasteiger partial charge is 0.0628 e. The highest BCUT2D eigenvalue weighted by Crippen LogP contribution is 2.34. The number of hydrogen-bond donors (Lipinski definition) is 0. The fraction of sp³-hybridized carbons (Fsp3) is 0.647. The number of aryl methyl sites for hydroxylation is 1. The number of benzene rings is 1. The molecule has 0 saturated heterocycles. The van der Waals surface area contributed by atoms with E-state index in [9.17, 15) is 0 Å². The molecule has 0 spiro atoms. The van der Waals surface area contributed by atoms with Crippen LogP contribution in [0.4, 0.5) is 0 Å². The molecule has 17 heavy (non-hydrogen) atoms. The van der Waals surface area contributed by atoms with Crippen molar-refractivity contribution in [1.29, 1.82) is 0 Å². The van der Waals surface area contributed by atoms with Gasteiger partial charge in [-0.05, 0) is 48.6 Å². The molecule has 1 fully saturated rings. The minimum Gasteiger partial charge on any atom is -0.0628 e. The Balaban J connectivity index is 2.09. The topological polar surface area (TPSA) is 0 Å². The van der Waals surface area contributed by atoms with Gasteiger partial charge in [0.05, 0.1) is 0 Å². The average molecular weight is 230 g/mol. The zero-order valence-electron chi connectivity index (χ0n) is 11.4. The summed E-state index contributed by atoms with van der Waals surface area (Å²) in [5.41, 5.74) is 3.28. The molecule has 0 unspecified atom stereocenters. The van der Waals surface area contributed by atoms with E-state index in [0.29, 0.717) is 0 Å². The van der Waals surface area contributed by atoms with Gasteiger partial charge in [0.15, 0.2) is 0 Å². The zero-order valence-corrected chi connectivity index (χ0v) is 11.4. The molecular weight excluding hydrogens is 204 g/mol. The van der Waals surface area contributed by atoms with Crippen molar-refractivity contribution >= 4 is 0 Å². The highest BCUT2D eigenvalue weighted by molar-refractivity contribution is 5.30. The molecular formula is C17H26. The van der Waals surface area contributed by atoms with E-state index >= 15 is 0 Å². The van der Waals surface area contributed by atoms with Gasteiger partial charge in [-0.3, -0.25) is 0 Å². The molecule has 0 bridgehead atoms. The van der Waals surface area contributed by atoms with Crippen molar-refractivity contribution in [3.05, 3.63) is 35.4 Å². The first-order chi connectivity index (χ1) is 8.27. The number of rotatable bonds is 4. The maximum absolute atomic E-state index is 2.38. The van der Waals surface area contributed by atoms with Crippen molar-refractivity contribution in [3.63, 3.8) is 0 Å². The lowest BCUT2D eigenvalue weighted by molar-refractivity contribution is 0.440. The van der Waals surface area contributed by atoms with Crippen LogP contribution in [0, 0.1) is 5.92 Å². The molecule has 0 N–H and O–H groups in total. The second kappa shape index (κ2) is 6.23. The highest BCUT2D eigenvalue weighted by Gasteiger charge is 2.17. The first-order valence-corrected chi connectivity index (χ1v) is 7.35. The molecule has 0 radical (unpaired) electrons. The van der Waals surface area contributed by atoms with Crippen molar-refractivity contribution < 1.29 is 0 Å². The first kappa shape index (κ1) is 12.7. The van der Waals surface area contributed by atoms with Crippen LogP contribution in [0.15, 0.2) is 24.3 Å². The van der Waals surface area contributed by atoms with Crippen LogP contribution in [0.5, 0.6) is 0 Å². The van der Waals surface area contributed by atoms with Crippen LogP contribution < -0.4 is 0 Å². The van der Waals surface area contributed by atoms with E-state index in [0.717, 1.165) is 11.8 Å². The van der Waals surface area contributed by atoms with Crippen molar-refractivity contribution in [2.75, 3.05) is 0 Å². The summed E-state index contributed by atoms with van der Waals surface area (Å²) in [5.74, 6) is 1.67.